The van der Waals surface area contributed by atoms with Gasteiger partial charge in [-0.05, 0) is 59.4 Å². The number of rotatable bonds is 7. The van der Waals surface area contributed by atoms with Crippen molar-refractivity contribution in [2.45, 2.75) is 38.6 Å². The maximum atomic E-state index is 12.6. The van der Waals surface area contributed by atoms with Crippen LogP contribution in [0.3, 0.4) is 0 Å². The van der Waals surface area contributed by atoms with Crippen LogP contribution in [0.1, 0.15) is 31.7 Å². The Balaban J connectivity index is 1.93. The second kappa shape index (κ2) is 8.53. The molecule has 1 N–H and O–H groups in total. The Labute approximate surface area is 141 Å². The fourth-order valence-corrected chi connectivity index (χ4v) is 3.51. The van der Waals surface area contributed by atoms with E-state index in [0.29, 0.717) is 12.5 Å². The molecule has 0 aliphatic carbocycles. The number of hydrogen-bond acceptors (Lipinski definition) is 3. The number of hydrogen-bond donors (Lipinski definition) is 1. The average molecular weight is 369 g/mol. The molecular formula is C17H25BrN2O2. The summed E-state index contributed by atoms with van der Waals surface area (Å²) in [5.41, 5.74) is 1.15. The molecule has 1 aliphatic rings. The van der Waals surface area contributed by atoms with Gasteiger partial charge in [0, 0.05) is 25.6 Å². The van der Waals surface area contributed by atoms with E-state index in [4.69, 9.17) is 4.74 Å². The molecular weight excluding hydrogens is 344 g/mol. The van der Waals surface area contributed by atoms with Crippen LogP contribution < -0.4 is 10.1 Å². The van der Waals surface area contributed by atoms with Crippen molar-refractivity contribution in [3.05, 3.63) is 28.2 Å². The highest BCUT2D eigenvalue weighted by molar-refractivity contribution is 9.10. The Morgan fingerprint density at radius 1 is 1.50 bits per heavy atom. The molecule has 4 nitrogen and oxygen atoms in total. The fraction of sp³-hybridized carbons (Fsp3) is 0.588. The van der Waals surface area contributed by atoms with E-state index in [0.717, 1.165) is 54.7 Å². The van der Waals surface area contributed by atoms with Crippen LogP contribution in [-0.4, -0.2) is 43.6 Å². The molecule has 1 aliphatic heterocycles. The van der Waals surface area contributed by atoms with Gasteiger partial charge in [0.1, 0.15) is 5.75 Å². The van der Waals surface area contributed by atoms with E-state index in [2.05, 4.69) is 33.1 Å². The molecule has 0 spiro atoms. The smallest absolute Gasteiger partial charge is 0.223 e. The number of halogens is 1. The minimum atomic E-state index is 0.266. The molecule has 1 atom stereocenters. The Hall–Kier alpha value is -1.07. The van der Waals surface area contributed by atoms with Gasteiger partial charge < -0.3 is 15.0 Å². The monoisotopic (exact) mass is 368 g/mol. The molecule has 2 rings (SSSR count). The van der Waals surface area contributed by atoms with Crippen molar-refractivity contribution >= 4 is 21.8 Å². The molecule has 1 aromatic rings. The summed E-state index contributed by atoms with van der Waals surface area (Å²) in [4.78, 5) is 14.6. The number of ether oxygens (including phenoxy) is 1. The van der Waals surface area contributed by atoms with Gasteiger partial charge in [0.2, 0.25) is 5.91 Å². The Morgan fingerprint density at radius 3 is 2.91 bits per heavy atom. The maximum absolute atomic E-state index is 12.6. The third-order valence-corrected chi connectivity index (χ3v) is 4.72. The Kier molecular flexibility index (Phi) is 6.70. The molecule has 1 aromatic carbocycles. The lowest BCUT2D eigenvalue weighted by Gasteiger charge is -2.28. The van der Waals surface area contributed by atoms with Crippen molar-refractivity contribution in [2.24, 2.45) is 0 Å². The Bertz CT molecular complexity index is 501. The molecule has 1 heterocycles. The number of amides is 1. The summed E-state index contributed by atoms with van der Waals surface area (Å²) >= 11 is 3.49. The first-order valence-corrected chi connectivity index (χ1v) is 8.77. The first kappa shape index (κ1) is 17.3. The summed E-state index contributed by atoms with van der Waals surface area (Å²) in [6, 6.07) is 6.37. The molecule has 22 heavy (non-hydrogen) atoms. The van der Waals surface area contributed by atoms with E-state index in [1.807, 2.05) is 18.2 Å². The van der Waals surface area contributed by atoms with E-state index in [9.17, 15) is 4.79 Å². The lowest BCUT2D eigenvalue weighted by atomic mass is 10.1. The summed E-state index contributed by atoms with van der Waals surface area (Å²) in [6.45, 7) is 4.93. The summed E-state index contributed by atoms with van der Waals surface area (Å²) in [6.07, 6.45) is 3.41. The number of nitrogens with one attached hydrogen (secondary N) is 1. The lowest BCUT2D eigenvalue weighted by molar-refractivity contribution is -0.133. The maximum Gasteiger partial charge on any atom is 0.223 e. The van der Waals surface area contributed by atoms with Gasteiger partial charge in [-0.3, -0.25) is 4.79 Å². The number of benzene rings is 1. The molecule has 1 fully saturated rings. The molecule has 122 valence electrons. The van der Waals surface area contributed by atoms with E-state index >= 15 is 0 Å². The van der Waals surface area contributed by atoms with Gasteiger partial charge in [-0.25, -0.2) is 0 Å². The largest absolute Gasteiger partial charge is 0.496 e. The van der Waals surface area contributed by atoms with Crippen LogP contribution in [0.5, 0.6) is 5.75 Å². The van der Waals surface area contributed by atoms with Crippen molar-refractivity contribution in [1.82, 2.24) is 10.2 Å². The predicted molar refractivity (Wildman–Crippen MR) is 92.3 cm³/mol. The molecule has 1 saturated heterocycles. The number of nitrogens with zero attached hydrogens (tertiary/aromatic N) is 1. The van der Waals surface area contributed by atoms with Crippen molar-refractivity contribution in [3.63, 3.8) is 0 Å². The van der Waals surface area contributed by atoms with E-state index < -0.39 is 0 Å². The van der Waals surface area contributed by atoms with Gasteiger partial charge in [-0.2, -0.15) is 0 Å². The fourth-order valence-electron chi connectivity index (χ4n) is 2.92. The zero-order chi connectivity index (χ0) is 15.9. The van der Waals surface area contributed by atoms with Gasteiger partial charge in [-0.15, -0.1) is 0 Å². The van der Waals surface area contributed by atoms with Gasteiger partial charge in [0.25, 0.3) is 0 Å². The number of methoxy groups -OCH3 is 1. The number of aryl methyl sites for hydroxylation is 1. The molecule has 0 saturated carbocycles. The molecule has 1 amide bonds. The van der Waals surface area contributed by atoms with E-state index in [-0.39, 0.29) is 5.91 Å². The van der Waals surface area contributed by atoms with Crippen molar-refractivity contribution in [3.8, 4) is 5.75 Å². The lowest BCUT2D eigenvalue weighted by Crippen LogP contribution is -2.42. The highest BCUT2D eigenvalue weighted by atomic mass is 79.9. The van der Waals surface area contributed by atoms with Crippen LogP contribution in [0, 0.1) is 0 Å². The van der Waals surface area contributed by atoms with Gasteiger partial charge in [-0.1, -0.05) is 13.0 Å². The SMILES string of the molecule is CCCN(C(=O)CCc1ccc(OC)c(Br)c1)C1CCNC1. The van der Waals surface area contributed by atoms with Crippen molar-refractivity contribution in [2.75, 3.05) is 26.7 Å². The molecule has 0 aromatic heterocycles. The summed E-state index contributed by atoms with van der Waals surface area (Å²) in [5.74, 6) is 1.09. The molecule has 0 radical (unpaired) electrons. The average Bonchev–Trinajstić information content (AvgIpc) is 3.04. The van der Waals surface area contributed by atoms with Crippen LogP contribution in [0.15, 0.2) is 22.7 Å². The normalized spacial score (nSPS) is 17.5. The summed E-state index contributed by atoms with van der Waals surface area (Å²) in [7, 11) is 1.65. The summed E-state index contributed by atoms with van der Waals surface area (Å²) in [5, 5.41) is 3.35. The van der Waals surface area contributed by atoms with Crippen LogP contribution in [0.4, 0.5) is 0 Å². The molecule has 0 bridgehead atoms. The third kappa shape index (κ3) is 4.46. The minimum absolute atomic E-state index is 0.266. The highest BCUT2D eigenvalue weighted by Crippen LogP contribution is 2.26. The minimum Gasteiger partial charge on any atom is -0.496 e. The van der Waals surface area contributed by atoms with Crippen molar-refractivity contribution in [1.29, 1.82) is 0 Å². The molecule has 5 heteroatoms. The summed E-state index contributed by atoms with van der Waals surface area (Å²) < 4.78 is 6.17. The van der Waals surface area contributed by atoms with E-state index in [1.165, 1.54) is 0 Å². The van der Waals surface area contributed by atoms with Gasteiger partial charge in [0.15, 0.2) is 0 Å². The third-order valence-electron chi connectivity index (χ3n) is 4.10. The van der Waals surface area contributed by atoms with Crippen LogP contribution in [0.25, 0.3) is 0 Å². The van der Waals surface area contributed by atoms with Crippen LogP contribution >= 0.6 is 15.9 Å². The first-order valence-electron chi connectivity index (χ1n) is 7.98. The van der Waals surface area contributed by atoms with Crippen LogP contribution in [-0.2, 0) is 11.2 Å². The zero-order valence-corrected chi connectivity index (χ0v) is 15.0. The highest BCUT2D eigenvalue weighted by Gasteiger charge is 2.25. The Morgan fingerprint density at radius 2 is 2.32 bits per heavy atom. The second-order valence-corrected chi connectivity index (χ2v) is 6.56. The first-order chi connectivity index (χ1) is 10.7. The standard InChI is InChI=1S/C17H25BrN2O2/c1-3-10-20(14-8-9-19-12-14)17(21)7-5-13-4-6-16(22-2)15(18)11-13/h4,6,11,14,19H,3,5,7-10,12H2,1-2H3. The van der Waals surface area contributed by atoms with Crippen molar-refractivity contribution < 1.29 is 9.53 Å². The van der Waals surface area contributed by atoms with E-state index in [1.54, 1.807) is 7.11 Å². The number of carbonyl (C=O) groups excluding carboxylic acids is 1. The van der Waals surface area contributed by atoms with Gasteiger partial charge >= 0.3 is 0 Å². The molecule has 1 unspecified atom stereocenters. The second-order valence-electron chi connectivity index (χ2n) is 5.70. The van der Waals surface area contributed by atoms with Crippen LogP contribution in [0.2, 0.25) is 0 Å². The van der Waals surface area contributed by atoms with Gasteiger partial charge in [0.05, 0.1) is 11.6 Å². The predicted octanol–water partition coefficient (Wildman–Crippen LogP) is 2.99. The number of carbonyl (C=O) groups is 1. The quantitative estimate of drug-likeness (QED) is 0.804. The zero-order valence-electron chi connectivity index (χ0n) is 13.4. The topological polar surface area (TPSA) is 41.6 Å².